The molecular weight excluding hydrogens is 476 g/mol. The van der Waals surface area contributed by atoms with Crippen LogP contribution in [-0.4, -0.2) is 37.0 Å². The van der Waals surface area contributed by atoms with Crippen molar-refractivity contribution in [1.29, 1.82) is 0 Å². The fourth-order valence-corrected chi connectivity index (χ4v) is 5.74. The summed E-state index contributed by atoms with van der Waals surface area (Å²) in [5, 5.41) is 9.98. The van der Waals surface area contributed by atoms with E-state index in [-0.39, 0.29) is 18.0 Å². The highest BCUT2D eigenvalue weighted by molar-refractivity contribution is 7.80. The molecule has 0 spiro atoms. The van der Waals surface area contributed by atoms with Gasteiger partial charge in [-0.2, -0.15) is 0 Å². The van der Waals surface area contributed by atoms with Crippen molar-refractivity contribution < 1.29 is 4.79 Å². The third kappa shape index (κ3) is 4.69. The number of carbonyl (C=O) groups excluding carboxylic acids is 1. The fourth-order valence-electron chi connectivity index (χ4n) is 4.66. The lowest BCUT2D eigenvalue weighted by molar-refractivity contribution is -0.116. The van der Waals surface area contributed by atoms with Gasteiger partial charge in [0.15, 0.2) is 10.2 Å². The molecule has 4 heterocycles. The average molecular weight is 503 g/mol. The molecular formula is C26H26N6OS2. The normalized spacial score (nSPS) is 17.4. The summed E-state index contributed by atoms with van der Waals surface area (Å²) in [6.07, 6.45) is 3.93. The Morgan fingerprint density at radius 2 is 1.91 bits per heavy atom. The molecule has 0 bridgehead atoms. The van der Waals surface area contributed by atoms with Crippen LogP contribution in [0.2, 0.25) is 0 Å². The Bertz CT molecular complexity index is 1320. The fraction of sp³-hybridized carbons (Fsp3) is 0.231. The van der Waals surface area contributed by atoms with Gasteiger partial charge in [-0.25, -0.2) is 4.98 Å². The molecule has 0 unspecified atom stereocenters. The Hall–Kier alpha value is -3.56. The van der Waals surface area contributed by atoms with E-state index in [0.717, 1.165) is 33.5 Å². The summed E-state index contributed by atoms with van der Waals surface area (Å²) in [5.41, 5.74) is 5.05. The van der Waals surface area contributed by atoms with Gasteiger partial charge >= 0.3 is 0 Å². The van der Waals surface area contributed by atoms with Gasteiger partial charge < -0.3 is 15.5 Å². The number of rotatable bonds is 7. The van der Waals surface area contributed by atoms with Crippen LogP contribution in [0.5, 0.6) is 0 Å². The van der Waals surface area contributed by atoms with Gasteiger partial charge in [0.05, 0.1) is 17.8 Å². The van der Waals surface area contributed by atoms with Crippen LogP contribution in [-0.2, 0) is 4.79 Å². The van der Waals surface area contributed by atoms with E-state index >= 15 is 0 Å². The van der Waals surface area contributed by atoms with Crippen molar-refractivity contribution in [2.75, 3.05) is 11.9 Å². The number of hydrogen-bond donors (Lipinski definition) is 2. The lowest BCUT2D eigenvalue weighted by Gasteiger charge is -2.28. The number of thiazole rings is 1. The summed E-state index contributed by atoms with van der Waals surface area (Å²) in [7, 11) is 0. The van der Waals surface area contributed by atoms with Crippen molar-refractivity contribution in [3.05, 3.63) is 95.0 Å². The monoisotopic (exact) mass is 502 g/mol. The zero-order valence-corrected chi connectivity index (χ0v) is 21.1. The molecule has 1 fully saturated rings. The Morgan fingerprint density at radius 1 is 1.11 bits per heavy atom. The maximum Gasteiger partial charge on any atom is 0.226 e. The van der Waals surface area contributed by atoms with Crippen LogP contribution < -0.4 is 10.6 Å². The molecule has 4 aromatic rings. The van der Waals surface area contributed by atoms with Crippen LogP contribution in [0.1, 0.15) is 41.1 Å². The van der Waals surface area contributed by atoms with Crippen molar-refractivity contribution in [2.45, 2.75) is 32.4 Å². The van der Waals surface area contributed by atoms with Crippen molar-refractivity contribution >= 4 is 40.3 Å². The summed E-state index contributed by atoms with van der Waals surface area (Å²) in [5.74, 6) is -0.0488. The second kappa shape index (κ2) is 9.97. The molecule has 3 aromatic heterocycles. The highest BCUT2D eigenvalue weighted by Crippen LogP contribution is 2.41. The number of nitrogens with one attached hydrogen (secondary N) is 2. The molecule has 7 nitrogen and oxygen atoms in total. The van der Waals surface area contributed by atoms with Gasteiger partial charge in [-0.05, 0) is 62.0 Å². The van der Waals surface area contributed by atoms with Crippen LogP contribution in [0.3, 0.4) is 0 Å². The maximum atomic E-state index is 12.7. The second-order valence-corrected chi connectivity index (χ2v) is 9.72. The summed E-state index contributed by atoms with van der Waals surface area (Å²) >= 11 is 7.38. The molecule has 1 aromatic carbocycles. The SMILES string of the molecule is Cc1cc([C@@H]2[C@H](c3ccccn3)NC(=S)N2CCC(=O)Nc2ccccc2)c(C)n1-c1nccs1. The largest absolute Gasteiger partial charge is 0.352 e. The van der Waals surface area contributed by atoms with Gasteiger partial charge in [-0.15, -0.1) is 11.3 Å². The number of thiocarbonyl (C=S) groups is 1. The van der Waals surface area contributed by atoms with Crippen molar-refractivity contribution in [3.8, 4) is 5.13 Å². The highest BCUT2D eigenvalue weighted by Gasteiger charge is 2.41. The first-order valence-corrected chi connectivity index (χ1v) is 12.7. The van der Waals surface area contributed by atoms with Crippen LogP contribution in [0.4, 0.5) is 5.69 Å². The summed E-state index contributed by atoms with van der Waals surface area (Å²) in [6, 6.07) is 17.4. The van der Waals surface area contributed by atoms with Gasteiger partial charge in [-0.1, -0.05) is 24.3 Å². The van der Waals surface area contributed by atoms with Crippen LogP contribution in [0.15, 0.2) is 72.4 Å². The predicted molar refractivity (Wildman–Crippen MR) is 143 cm³/mol. The first-order valence-electron chi connectivity index (χ1n) is 11.4. The number of para-hydroxylation sites is 1. The van der Waals surface area contributed by atoms with E-state index in [4.69, 9.17) is 12.2 Å². The van der Waals surface area contributed by atoms with Crippen LogP contribution in [0, 0.1) is 13.8 Å². The van der Waals surface area contributed by atoms with E-state index in [1.807, 2.05) is 60.1 Å². The number of carbonyl (C=O) groups is 1. The Labute approximate surface area is 213 Å². The summed E-state index contributed by atoms with van der Waals surface area (Å²) in [4.78, 5) is 24.0. The van der Waals surface area contributed by atoms with E-state index < -0.39 is 0 Å². The Balaban J connectivity index is 1.46. The van der Waals surface area contributed by atoms with Crippen LogP contribution in [0.25, 0.3) is 5.13 Å². The number of nitrogens with zero attached hydrogens (tertiary/aromatic N) is 4. The number of anilines is 1. The lowest BCUT2D eigenvalue weighted by atomic mass is 9.96. The van der Waals surface area contributed by atoms with Crippen LogP contribution >= 0.6 is 23.6 Å². The third-order valence-corrected chi connectivity index (χ3v) is 7.34. The quantitative estimate of drug-likeness (QED) is 0.349. The number of amides is 1. The van der Waals surface area contributed by atoms with Gasteiger partial charge in [0.1, 0.15) is 0 Å². The van der Waals surface area contributed by atoms with E-state index in [1.165, 1.54) is 0 Å². The number of aromatic nitrogens is 3. The lowest BCUT2D eigenvalue weighted by Crippen LogP contribution is -2.32. The molecule has 9 heteroatoms. The molecule has 1 aliphatic heterocycles. The van der Waals surface area contributed by atoms with E-state index in [0.29, 0.717) is 18.1 Å². The third-order valence-electron chi connectivity index (χ3n) is 6.23. The van der Waals surface area contributed by atoms with E-state index in [9.17, 15) is 4.79 Å². The topological polar surface area (TPSA) is 75.1 Å². The average Bonchev–Trinajstić information content (AvgIpc) is 3.57. The van der Waals surface area contributed by atoms with Gasteiger partial charge in [0.2, 0.25) is 5.91 Å². The van der Waals surface area contributed by atoms with E-state index in [1.54, 1.807) is 17.5 Å². The number of hydrogen-bond acceptors (Lipinski definition) is 5. The second-order valence-electron chi connectivity index (χ2n) is 8.46. The number of aryl methyl sites for hydroxylation is 1. The maximum absolute atomic E-state index is 12.7. The molecule has 2 N–H and O–H groups in total. The first-order chi connectivity index (χ1) is 17.0. The predicted octanol–water partition coefficient (Wildman–Crippen LogP) is 4.95. The molecule has 1 aliphatic rings. The molecule has 35 heavy (non-hydrogen) atoms. The van der Waals surface area contributed by atoms with Crippen molar-refractivity contribution in [2.24, 2.45) is 0 Å². The number of pyridine rings is 1. The Morgan fingerprint density at radius 3 is 2.63 bits per heavy atom. The Kier molecular flexibility index (Phi) is 6.61. The van der Waals surface area contributed by atoms with Gasteiger partial charge in [-0.3, -0.25) is 14.3 Å². The van der Waals surface area contributed by atoms with Crippen molar-refractivity contribution in [3.63, 3.8) is 0 Å². The zero-order valence-electron chi connectivity index (χ0n) is 19.5. The molecule has 5 rings (SSSR count). The first kappa shape index (κ1) is 23.2. The minimum atomic E-state index is -0.133. The summed E-state index contributed by atoms with van der Waals surface area (Å²) < 4.78 is 2.18. The summed E-state index contributed by atoms with van der Waals surface area (Å²) in [6.45, 7) is 4.69. The highest BCUT2D eigenvalue weighted by atomic mass is 32.1. The van der Waals surface area contributed by atoms with Gasteiger partial charge in [0, 0.05) is 47.8 Å². The molecule has 1 amide bonds. The smallest absolute Gasteiger partial charge is 0.226 e. The number of benzene rings is 1. The molecule has 1 saturated heterocycles. The molecule has 0 aliphatic carbocycles. The zero-order chi connectivity index (χ0) is 24.4. The molecule has 178 valence electrons. The van der Waals surface area contributed by atoms with Gasteiger partial charge in [0.25, 0.3) is 0 Å². The molecule has 0 radical (unpaired) electrons. The standard InChI is InChI=1S/C26H26N6OS2/c1-17-16-20(18(2)32(17)26-28-13-15-35-26)24-23(21-10-6-7-12-27-21)30-25(34)31(24)14-11-22(33)29-19-8-4-3-5-9-19/h3-10,12-13,15-16,23-24H,11,14H2,1-2H3,(H,29,33)(H,30,34)/t23-,24+/m0/s1. The minimum Gasteiger partial charge on any atom is -0.352 e. The van der Waals surface area contributed by atoms with Crippen molar-refractivity contribution in [1.82, 2.24) is 24.8 Å². The minimum absolute atomic E-state index is 0.0488. The molecule has 0 saturated carbocycles. The molecule has 2 atom stereocenters. The van der Waals surface area contributed by atoms with E-state index in [2.05, 4.69) is 50.0 Å².